The maximum Gasteiger partial charge on any atom is 0.268 e. The smallest absolute Gasteiger partial charge is 0.268 e. The average Bonchev–Trinajstić information content (AvgIpc) is 2.98. The Kier molecular flexibility index (Phi) is 5.58. The van der Waals surface area contributed by atoms with Gasteiger partial charge in [-0.15, -0.1) is 0 Å². The molecule has 128 valence electrons. The second-order valence-electron chi connectivity index (χ2n) is 5.32. The summed E-state index contributed by atoms with van der Waals surface area (Å²) < 4.78 is 5.70. The van der Waals surface area contributed by atoms with Gasteiger partial charge in [0.05, 0.1) is 5.02 Å². The zero-order valence-electron chi connectivity index (χ0n) is 13.1. The number of aromatic amines is 1. The molecule has 0 saturated heterocycles. The number of H-pyrrole nitrogens is 1. The summed E-state index contributed by atoms with van der Waals surface area (Å²) >= 11 is 11.6. The lowest BCUT2D eigenvalue weighted by Gasteiger charge is -2.08. The molecule has 5 nitrogen and oxygen atoms in total. The highest BCUT2D eigenvalue weighted by atomic mass is 35.5. The number of nitrogens with zero attached hydrogens (tertiary/aromatic N) is 1. The van der Waals surface area contributed by atoms with Crippen molar-refractivity contribution in [3.8, 4) is 5.75 Å². The fourth-order valence-corrected chi connectivity index (χ4v) is 2.47. The van der Waals surface area contributed by atoms with Crippen molar-refractivity contribution in [2.24, 2.45) is 0 Å². The molecule has 1 amide bonds. The Morgan fingerprint density at radius 2 is 1.96 bits per heavy atom. The van der Waals surface area contributed by atoms with E-state index in [2.05, 4.69) is 15.3 Å². The van der Waals surface area contributed by atoms with Gasteiger partial charge in [-0.2, -0.15) is 0 Å². The van der Waals surface area contributed by atoms with Crippen LogP contribution in [-0.4, -0.2) is 15.9 Å². The number of amides is 1. The van der Waals surface area contributed by atoms with Crippen LogP contribution in [0.15, 0.2) is 54.9 Å². The molecule has 0 spiro atoms. The van der Waals surface area contributed by atoms with E-state index in [1.54, 1.807) is 12.4 Å². The summed E-state index contributed by atoms with van der Waals surface area (Å²) in [6.45, 7) is 0.842. The van der Waals surface area contributed by atoms with Gasteiger partial charge in [0, 0.05) is 24.5 Å². The van der Waals surface area contributed by atoms with Gasteiger partial charge in [0.25, 0.3) is 5.91 Å². The van der Waals surface area contributed by atoms with Crippen LogP contribution < -0.4 is 10.1 Å². The predicted octanol–water partition coefficient (Wildman–Crippen LogP) is 4.23. The second kappa shape index (κ2) is 8.05. The molecule has 0 radical (unpaired) electrons. The van der Waals surface area contributed by atoms with E-state index in [0.717, 1.165) is 16.9 Å². The average molecular weight is 376 g/mol. The molecule has 2 aromatic heterocycles. The molecule has 2 heterocycles. The Bertz CT molecular complexity index is 829. The summed E-state index contributed by atoms with van der Waals surface area (Å²) in [4.78, 5) is 18.8. The van der Waals surface area contributed by atoms with Gasteiger partial charge in [0.2, 0.25) is 0 Å². The molecule has 0 saturated carbocycles. The Hall–Kier alpha value is -2.50. The normalized spacial score (nSPS) is 10.5. The van der Waals surface area contributed by atoms with Crippen LogP contribution in [-0.2, 0) is 13.2 Å². The van der Waals surface area contributed by atoms with E-state index in [1.807, 2.05) is 36.4 Å². The molecular weight excluding hydrogens is 361 g/mol. The lowest BCUT2D eigenvalue weighted by molar-refractivity contribution is 0.0946. The van der Waals surface area contributed by atoms with Crippen LogP contribution in [0.2, 0.25) is 10.2 Å². The maximum atomic E-state index is 12.0. The molecule has 25 heavy (non-hydrogen) atoms. The summed E-state index contributed by atoms with van der Waals surface area (Å²) in [5, 5.41) is 3.37. The molecule has 7 heteroatoms. The molecule has 0 aliphatic rings. The molecule has 3 rings (SSSR count). The second-order valence-corrected chi connectivity index (χ2v) is 6.11. The predicted molar refractivity (Wildman–Crippen MR) is 97.0 cm³/mol. The number of halogens is 2. The third kappa shape index (κ3) is 4.75. The number of ether oxygens (including phenoxy) is 1. The minimum absolute atomic E-state index is 0.252. The van der Waals surface area contributed by atoms with E-state index in [9.17, 15) is 4.79 Å². The number of hydrogen-bond donors (Lipinski definition) is 2. The topological polar surface area (TPSA) is 67.0 Å². The van der Waals surface area contributed by atoms with Crippen molar-refractivity contribution in [3.05, 3.63) is 81.9 Å². The number of carbonyl (C=O) groups is 1. The first-order chi connectivity index (χ1) is 12.1. The summed E-state index contributed by atoms with van der Waals surface area (Å²) in [6, 6.07) is 12.8. The molecule has 1 aromatic carbocycles. The lowest BCUT2D eigenvalue weighted by Crippen LogP contribution is -2.23. The van der Waals surface area contributed by atoms with E-state index in [4.69, 9.17) is 27.9 Å². The van der Waals surface area contributed by atoms with Crippen LogP contribution in [0.25, 0.3) is 0 Å². The van der Waals surface area contributed by atoms with Gasteiger partial charge in [-0.1, -0.05) is 41.4 Å². The third-order valence-electron chi connectivity index (χ3n) is 3.47. The Morgan fingerprint density at radius 3 is 2.60 bits per heavy atom. The van der Waals surface area contributed by atoms with Gasteiger partial charge in [-0.3, -0.25) is 9.78 Å². The van der Waals surface area contributed by atoms with Crippen LogP contribution in [0.5, 0.6) is 5.75 Å². The number of rotatable bonds is 6. The van der Waals surface area contributed by atoms with E-state index >= 15 is 0 Å². The molecule has 0 atom stereocenters. The first-order valence-corrected chi connectivity index (χ1v) is 8.30. The summed E-state index contributed by atoms with van der Waals surface area (Å²) in [5.41, 5.74) is 2.28. The van der Waals surface area contributed by atoms with Crippen LogP contribution in [0.4, 0.5) is 0 Å². The fraction of sp³-hybridized carbons (Fsp3) is 0.111. The quantitative estimate of drug-likeness (QED) is 0.677. The minimum Gasteiger partial charge on any atom is -0.489 e. The number of nitrogens with one attached hydrogen (secondary N) is 2. The molecular formula is C18H15Cl2N3O2. The Morgan fingerprint density at radius 1 is 1.16 bits per heavy atom. The van der Waals surface area contributed by atoms with Crippen LogP contribution in [0.3, 0.4) is 0 Å². The van der Waals surface area contributed by atoms with Crippen molar-refractivity contribution in [1.29, 1.82) is 0 Å². The van der Waals surface area contributed by atoms with Crippen molar-refractivity contribution >= 4 is 29.1 Å². The number of hydrogen-bond acceptors (Lipinski definition) is 3. The highest BCUT2D eigenvalue weighted by Crippen LogP contribution is 2.21. The third-order valence-corrected chi connectivity index (χ3v) is 4.17. The first-order valence-electron chi connectivity index (χ1n) is 7.54. The van der Waals surface area contributed by atoms with Crippen LogP contribution >= 0.6 is 23.2 Å². The van der Waals surface area contributed by atoms with Gasteiger partial charge in [0.1, 0.15) is 23.2 Å². The monoisotopic (exact) mass is 375 g/mol. The number of benzene rings is 1. The van der Waals surface area contributed by atoms with E-state index < -0.39 is 0 Å². The number of pyridine rings is 1. The van der Waals surface area contributed by atoms with Crippen molar-refractivity contribution in [2.75, 3.05) is 0 Å². The molecule has 0 aliphatic heterocycles. The summed E-state index contributed by atoms with van der Waals surface area (Å²) in [5.74, 6) is 0.479. The maximum absolute atomic E-state index is 12.0. The van der Waals surface area contributed by atoms with Crippen molar-refractivity contribution < 1.29 is 9.53 Å². The first kappa shape index (κ1) is 17.3. The van der Waals surface area contributed by atoms with E-state index in [1.165, 1.54) is 6.07 Å². The van der Waals surface area contributed by atoms with Crippen molar-refractivity contribution in [1.82, 2.24) is 15.3 Å². The Balaban J connectivity index is 1.51. The molecule has 2 N–H and O–H groups in total. The molecule has 0 bridgehead atoms. The van der Waals surface area contributed by atoms with E-state index in [-0.39, 0.29) is 11.1 Å². The largest absolute Gasteiger partial charge is 0.489 e. The minimum atomic E-state index is -0.272. The van der Waals surface area contributed by atoms with Gasteiger partial charge < -0.3 is 15.0 Å². The van der Waals surface area contributed by atoms with E-state index in [0.29, 0.717) is 23.9 Å². The molecule has 0 unspecified atom stereocenters. The summed E-state index contributed by atoms with van der Waals surface area (Å²) in [7, 11) is 0. The van der Waals surface area contributed by atoms with Gasteiger partial charge in [-0.25, -0.2) is 0 Å². The summed E-state index contributed by atoms with van der Waals surface area (Å²) in [6.07, 6.45) is 3.49. The SMILES string of the molecule is O=C(NCc1ccc(OCc2cccnc2)cc1)c1cc(Cl)c(Cl)[nH]1. The van der Waals surface area contributed by atoms with Gasteiger partial charge in [-0.05, 0) is 29.8 Å². The standard InChI is InChI=1S/C18H15Cl2N3O2/c19-15-8-16(23-17(15)20)18(24)22-10-12-3-5-14(6-4-12)25-11-13-2-1-7-21-9-13/h1-9,23H,10-11H2,(H,22,24). The highest BCUT2D eigenvalue weighted by molar-refractivity contribution is 6.41. The zero-order valence-corrected chi connectivity index (χ0v) is 14.6. The van der Waals surface area contributed by atoms with Gasteiger partial charge >= 0.3 is 0 Å². The van der Waals surface area contributed by atoms with Crippen LogP contribution in [0, 0.1) is 0 Å². The fourth-order valence-electron chi connectivity index (χ4n) is 2.16. The molecule has 0 aliphatic carbocycles. The number of aromatic nitrogens is 2. The van der Waals surface area contributed by atoms with Crippen LogP contribution in [0.1, 0.15) is 21.6 Å². The lowest BCUT2D eigenvalue weighted by atomic mass is 10.2. The van der Waals surface area contributed by atoms with Crippen molar-refractivity contribution in [3.63, 3.8) is 0 Å². The molecule has 3 aromatic rings. The highest BCUT2D eigenvalue weighted by Gasteiger charge is 2.11. The zero-order chi connectivity index (χ0) is 17.6. The Labute approximate surface area is 155 Å². The molecule has 0 fully saturated rings. The van der Waals surface area contributed by atoms with Crippen molar-refractivity contribution in [2.45, 2.75) is 13.2 Å². The number of carbonyl (C=O) groups excluding carboxylic acids is 1. The van der Waals surface area contributed by atoms with Gasteiger partial charge in [0.15, 0.2) is 0 Å².